The molecule has 2 aliphatic carbocycles. The first-order chi connectivity index (χ1) is 13.7. The van der Waals surface area contributed by atoms with E-state index in [1.165, 1.54) is 13.8 Å². The fraction of sp³-hybridized carbons (Fsp3) is 0.833. The topological polar surface area (TPSA) is 82.1 Å². The van der Waals surface area contributed by atoms with Gasteiger partial charge in [0.15, 0.2) is 6.10 Å². The predicted molar refractivity (Wildman–Crippen MR) is 113 cm³/mol. The van der Waals surface area contributed by atoms with E-state index < -0.39 is 41.5 Å². The first kappa shape index (κ1) is 23.3. The highest BCUT2D eigenvalue weighted by molar-refractivity contribution is 5.67. The van der Waals surface area contributed by atoms with Crippen molar-refractivity contribution in [1.29, 1.82) is 0 Å². The van der Waals surface area contributed by atoms with E-state index in [0.29, 0.717) is 6.42 Å². The molecule has 170 valence electrons. The Balaban J connectivity index is 2.25. The second kappa shape index (κ2) is 7.33. The molecule has 0 aromatic carbocycles. The summed E-state index contributed by atoms with van der Waals surface area (Å²) in [5, 5.41) is 11.5. The predicted octanol–water partition coefficient (Wildman–Crippen LogP) is 3.80. The van der Waals surface area contributed by atoms with Crippen LogP contribution in [-0.2, 0) is 23.8 Å². The van der Waals surface area contributed by atoms with Crippen molar-refractivity contribution in [2.24, 2.45) is 22.7 Å². The SMILES string of the molecule is C=C[C@@]1(C)C[C@H](O)[C@@H]2[C@@]3(C)CCCC(C)(C)[C@@H]3[C@H](OC(C)=O)[C@H](OC(C)=O)[C@@]2(C)O1. The van der Waals surface area contributed by atoms with Crippen LogP contribution in [0.15, 0.2) is 12.7 Å². The number of esters is 2. The van der Waals surface area contributed by atoms with Gasteiger partial charge in [-0.25, -0.2) is 0 Å². The zero-order valence-electron chi connectivity index (χ0n) is 19.5. The van der Waals surface area contributed by atoms with Crippen LogP contribution in [0.25, 0.3) is 0 Å². The maximum Gasteiger partial charge on any atom is 0.303 e. The standard InChI is InChI=1S/C24H38O6/c1-9-22(6)13-16(27)18-23(7)12-10-11-21(4,5)19(23)17(28-14(2)25)20(29-15(3)26)24(18,8)30-22/h9,16-20,27H,1,10-13H2,2-8H3/t16-,17-,18+,19-,20-,22-,23+,24-/m0/s1. The van der Waals surface area contributed by atoms with E-state index in [1.54, 1.807) is 6.08 Å². The highest BCUT2D eigenvalue weighted by Gasteiger charge is 2.72. The summed E-state index contributed by atoms with van der Waals surface area (Å²) in [5.41, 5.74) is -2.33. The average molecular weight is 423 g/mol. The number of hydrogen-bond acceptors (Lipinski definition) is 6. The number of carbonyl (C=O) groups is 2. The third kappa shape index (κ3) is 3.50. The number of carbonyl (C=O) groups excluding carboxylic acids is 2. The van der Waals surface area contributed by atoms with Crippen LogP contribution in [0, 0.1) is 22.7 Å². The van der Waals surface area contributed by atoms with Gasteiger partial charge in [0.05, 0.1) is 11.7 Å². The number of aliphatic hydroxyl groups excluding tert-OH is 1. The number of ether oxygens (including phenoxy) is 3. The van der Waals surface area contributed by atoms with Crippen LogP contribution in [0.4, 0.5) is 0 Å². The summed E-state index contributed by atoms with van der Waals surface area (Å²) >= 11 is 0. The monoisotopic (exact) mass is 422 g/mol. The van der Waals surface area contributed by atoms with Crippen LogP contribution in [0.3, 0.4) is 0 Å². The summed E-state index contributed by atoms with van der Waals surface area (Å²) in [5.74, 6) is -1.24. The van der Waals surface area contributed by atoms with Gasteiger partial charge in [-0.15, -0.1) is 6.58 Å². The Morgan fingerprint density at radius 1 is 1.03 bits per heavy atom. The molecule has 2 saturated carbocycles. The van der Waals surface area contributed by atoms with E-state index in [0.717, 1.165) is 19.3 Å². The van der Waals surface area contributed by atoms with Gasteiger partial charge in [0, 0.05) is 32.1 Å². The van der Waals surface area contributed by atoms with Crippen molar-refractivity contribution in [1.82, 2.24) is 0 Å². The average Bonchev–Trinajstić information content (AvgIpc) is 2.55. The van der Waals surface area contributed by atoms with Gasteiger partial charge in [0.1, 0.15) is 11.7 Å². The smallest absolute Gasteiger partial charge is 0.303 e. The summed E-state index contributed by atoms with van der Waals surface area (Å²) in [7, 11) is 0. The summed E-state index contributed by atoms with van der Waals surface area (Å²) in [4.78, 5) is 24.3. The highest BCUT2D eigenvalue weighted by atomic mass is 16.6. The van der Waals surface area contributed by atoms with Crippen molar-refractivity contribution in [3.05, 3.63) is 12.7 Å². The van der Waals surface area contributed by atoms with E-state index in [9.17, 15) is 14.7 Å². The molecule has 0 radical (unpaired) electrons. The van der Waals surface area contributed by atoms with Crippen LogP contribution in [0.2, 0.25) is 0 Å². The van der Waals surface area contributed by atoms with Gasteiger partial charge in [0.2, 0.25) is 0 Å². The van der Waals surface area contributed by atoms with Gasteiger partial charge in [-0.1, -0.05) is 33.3 Å². The second-order valence-corrected chi connectivity index (χ2v) is 11.0. The molecular formula is C24H38O6. The third-order valence-electron chi connectivity index (χ3n) is 8.09. The Kier molecular flexibility index (Phi) is 5.69. The zero-order valence-corrected chi connectivity index (χ0v) is 19.5. The van der Waals surface area contributed by atoms with E-state index in [-0.39, 0.29) is 22.7 Å². The molecule has 30 heavy (non-hydrogen) atoms. The minimum Gasteiger partial charge on any atom is -0.458 e. The molecule has 0 unspecified atom stereocenters. The van der Waals surface area contributed by atoms with Crippen molar-refractivity contribution < 1.29 is 28.9 Å². The quantitative estimate of drug-likeness (QED) is 0.550. The van der Waals surface area contributed by atoms with E-state index in [4.69, 9.17) is 14.2 Å². The van der Waals surface area contributed by atoms with Crippen molar-refractivity contribution >= 4 is 11.9 Å². The normalized spacial score (nSPS) is 47.4. The number of aliphatic hydroxyl groups is 1. The van der Waals surface area contributed by atoms with Crippen molar-refractivity contribution in [2.75, 3.05) is 0 Å². The lowest BCUT2D eigenvalue weighted by Crippen LogP contribution is -2.76. The van der Waals surface area contributed by atoms with Gasteiger partial charge >= 0.3 is 11.9 Å². The van der Waals surface area contributed by atoms with Crippen LogP contribution in [-0.4, -0.2) is 46.6 Å². The van der Waals surface area contributed by atoms with Crippen molar-refractivity contribution in [3.63, 3.8) is 0 Å². The van der Waals surface area contributed by atoms with Gasteiger partial charge < -0.3 is 19.3 Å². The maximum absolute atomic E-state index is 12.2. The molecule has 0 aromatic rings. The molecule has 0 amide bonds. The Morgan fingerprint density at radius 2 is 1.63 bits per heavy atom. The number of fused-ring (bicyclic) bond motifs is 3. The van der Waals surface area contributed by atoms with Crippen LogP contribution in [0.5, 0.6) is 0 Å². The van der Waals surface area contributed by atoms with E-state index >= 15 is 0 Å². The molecule has 6 heteroatoms. The lowest BCUT2D eigenvalue weighted by molar-refractivity contribution is -0.341. The van der Waals surface area contributed by atoms with Gasteiger partial charge in [-0.05, 0) is 37.5 Å². The first-order valence-corrected chi connectivity index (χ1v) is 11.1. The minimum absolute atomic E-state index is 0.0867. The van der Waals surface area contributed by atoms with Crippen molar-refractivity contribution in [2.45, 2.75) is 104 Å². The number of hydrogen-bond donors (Lipinski definition) is 1. The molecular weight excluding hydrogens is 384 g/mol. The molecule has 1 saturated heterocycles. The summed E-state index contributed by atoms with van der Waals surface area (Å²) in [6.07, 6.45) is 2.85. The molecule has 3 rings (SSSR count). The summed E-state index contributed by atoms with van der Waals surface area (Å²) in [6, 6.07) is 0. The molecule has 6 nitrogen and oxygen atoms in total. The van der Waals surface area contributed by atoms with Crippen LogP contribution >= 0.6 is 0 Å². The Morgan fingerprint density at radius 3 is 2.17 bits per heavy atom. The molecule has 3 fully saturated rings. The van der Waals surface area contributed by atoms with Gasteiger partial charge in [-0.2, -0.15) is 0 Å². The van der Waals surface area contributed by atoms with Gasteiger partial charge in [-0.3, -0.25) is 9.59 Å². The first-order valence-electron chi connectivity index (χ1n) is 11.1. The minimum atomic E-state index is -1.04. The fourth-order valence-electron chi connectivity index (χ4n) is 7.46. The largest absolute Gasteiger partial charge is 0.458 e. The van der Waals surface area contributed by atoms with Crippen molar-refractivity contribution in [3.8, 4) is 0 Å². The molecule has 1 N–H and O–H groups in total. The molecule has 0 aromatic heterocycles. The molecule has 1 aliphatic heterocycles. The number of rotatable bonds is 3. The third-order valence-corrected chi connectivity index (χ3v) is 8.09. The molecule has 1 heterocycles. The molecule has 3 aliphatic rings. The van der Waals surface area contributed by atoms with E-state index in [2.05, 4.69) is 27.4 Å². The van der Waals surface area contributed by atoms with Crippen LogP contribution in [0.1, 0.15) is 74.1 Å². The van der Waals surface area contributed by atoms with Crippen LogP contribution < -0.4 is 0 Å². The zero-order chi connectivity index (χ0) is 22.7. The highest BCUT2D eigenvalue weighted by Crippen LogP contribution is 2.66. The van der Waals surface area contributed by atoms with E-state index in [1.807, 2.05) is 13.8 Å². The fourth-order valence-corrected chi connectivity index (χ4v) is 7.46. The Hall–Kier alpha value is -1.40. The Labute approximate surface area is 180 Å². The van der Waals surface area contributed by atoms with Gasteiger partial charge in [0.25, 0.3) is 0 Å². The molecule has 0 bridgehead atoms. The lowest BCUT2D eigenvalue weighted by Gasteiger charge is -2.69. The molecule has 0 spiro atoms. The second-order valence-electron chi connectivity index (χ2n) is 11.0. The summed E-state index contributed by atoms with van der Waals surface area (Å²) in [6.45, 7) is 17.0. The molecule has 8 atom stereocenters. The lowest BCUT2D eigenvalue weighted by atomic mass is 9.42. The Bertz CT molecular complexity index is 731. The summed E-state index contributed by atoms with van der Waals surface area (Å²) < 4.78 is 18.4. The maximum atomic E-state index is 12.2.